The Hall–Kier alpha value is -4.90. The lowest BCUT2D eigenvalue weighted by molar-refractivity contribution is -0.173. The molecule has 0 radical (unpaired) electrons. The molecule has 4 bridgehead atoms. The van der Waals surface area contributed by atoms with Crippen molar-refractivity contribution < 1.29 is 33.6 Å². The zero-order valence-electron chi connectivity index (χ0n) is 32.8. The van der Waals surface area contributed by atoms with E-state index in [4.69, 9.17) is 30.1 Å². The monoisotopic (exact) mass is 840 g/mol. The number of allylic oxidation sites excluding steroid dienone is 2. The molecular weight excluding hydrogens is 793 g/mol. The highest BCUT2D eigenvalue weighted by Gasteiger charge is 2.66. The number of aromatic amines is 1. The van der Waals surface area contributed by atoms with Crippen molar-refractivity contribution >= 4 is 49.4 Å². The second-order valence-electron chi connectivity index (χ2n) is 16.9. The number of H-pyrrole nitrogens is 1. The summed E-state index contributed by atoms with van der Waals surface area (Å²) in [4.78, 5) is 31.0. The molecule has 16 heteroatoms. The number of benzene rings is 1. The highest BCUT2D eigenvalue weighted by molar-refractivity contribution is 8.76. The number of nitrogens with one attached hydrogen (secondary N) is 3. The van der Waals surface area contributed by atoms with Crippen molar-refractivity contribution in [3.05, 3.63) is 105 Å². The first-order valence-corrected chi connectivity index (χ1v) is 22.7. The Balaban J connectivity index is 1.01. The number of carbonyl (C=O) groups excluding carboxylic acids is 1. The number of hydrogen-bond donors (Lipinski definition) is 7. The minimum absolute atomic E-state index is 0.0416. The number of hydrogen-bond acceptors (Lipinski definition) is 14. The Labute approximate surface area is 347 Å². The number of aliphatic hydroxyl groups excluding tert-OH is 1. The standard InChI is InChI=1S/C43H48N6O8S2/c1-21-11-31(51)37-32(54-21)15-33-36(38(37)52)26-5-4-25(50)16-43-34(57-43)6-3-22-12-29(48-35(44)13-22)27-14-24(18-49-17-23-7-9-46-30(23)19-49)47-40(45)28(27)20-59-58-10-8-42(2,56-33)39(26)55-41(43)53/h7,9,11-15,17,19,24-26,29,34,39,46-48,50,52H,3-6,8,10,16,18,20,44-45H2,1-2H3/t24?,25-,26+,29?,34+,39+,42-,43-/m0/s1. The lowest BCUT2D eigenvalue weighted by atomic mass is 9.76. The summed E-state index contributed by atoms with van der Waals surface area (Å²) in [5, 5.41) is 31.5. The van der Waals surface area contributed by atoms with Crippen LogP contribution in [0.1, 0.15) is 62.7 Å². The number of aliphatic hydroxyl groups is 1. The second-order valence-corrected chi connectivity index (χ2v) is 19.5. The van der Waals surface area contributed by atoms with Crippen molar-refractivity contribution in [1.29, 1.82) is 0 Å². The summed E-state index contributed by atoms with van der Waals surface area (Å²) < 4.78 is 27.7. The van der Waals surface area contributed by atoms with E-state index in [2.05, 4.69) is 50.8 Å². The topological polar surface area (TPSA) is 216 Å². The van der Waals surface area contributed by atoms with Gasteiger partial charge in [-0.1, -0.05) is 33.7 Å². The minimum Gasteiger partial charge on any atom is -0.507 e. The third kappa shape index (κ3) is 6.77. The molecule has 3 aromatic heterocycles. The van der Waals surface area contributed by atoms with Crippen molar-refractivity contribution in [2.45, 2.75) is 106 Å². The van der Waals surface area contributed by atoms with Crippen LogP contribution in [0.25, 0.3) is 21.9 Å². The van der Waals surface area contributed by atoms with Gasteiger partial charge in [-0.15, -0.1) is 0 Å². The normalized spacial score (nSPS) is 32.2. The first kappa shape index (κ1) is 38.3. The minimum atomic E-state index is -1.34. The Kier molecular flexibility index (Phi) is 9.34. The van der Waals surface area contributed by atoms with E-state index < -0.39 is 41.4 Å². The van der Waals surface area contributed by atoms with Crippen LogP contribution in [0, 0.1) is 6.92 Å². The number of aryl methyl sites for hydroxylation is 1. The van der Waals surface area contributed by atoms with Crippen LogP contribution in [-0.4, -0.2) is 78.8 Å². The maximum absolute atomic E-state index is 14.5. The van der Waals surface area contributed by atoms with Crippen LogP contribution in [0.3, 0.4) is 0 Å². The largest absolute Gasteiger partial charge is 0.507 e. The number of epoxide rings is 1. The van der Waals surface area contributed by atoms with Gasteiger partial charge in [0, 0.05) is 84.1 Å². The zero-order chi connectivity index (χ0) is 40.8. The lowest BCUT2D eigenvalue weighted by Gasteiger charge is -2.46. The van der Waals surface area contributed by atoms with E-state index in [1.807, 2.05) is 19.2 Å². The first-order valence-electron chi connectivity index (χ1n) is 20.2. The number of nitrogens with zero attached hydrogens (tertiary/aromatic N) is 1. The first-order chi connectivity index (χ1) is 28.4. The highest BCUT2D eigenvalue weighted by Crippen LogP contribution is 2.55. The molecule has 6 aliphatic heterocycles. The molecule has 9 N–H and O–H groups in total. The summed E-state index contributed by atoms with van der Waals surface area (Å²) in [6.45, 7) is 4.28. The van der Waals surface area contributed by atoms with Gasteiger partial charge >= 0.3 is 5.97 Å². The van der Waals surface area contributed by atoms with Gasteiger partial charge in [0.1, 0.15) is 45.8 Å². The average Bonchev–Trinajstić information content (AvgIpc) is 3.44. The van der Waals surface area contributed by atoms with E-state index in [1.165, 1.54) is 6.07 Å². The van der Waals surface area contributed by atoms with Crippen LogP contribution < -0.4 is 32.3 Å². The molecule has 0 aliphatic carbocycles. The molecule has 1 spiro atoms. The van der Waals surface area contributed by atoms with Gasteiger partial charge in [-0.3, -0.25) is 4.79 Å². The van der Waals surface area contributed by atoms with Crippen LogP contribution in [0.2, 0.25) is 0 Å². The molecule has 6 aliphatic rings. The molecule has 310 valence electrons. The van der Waals surface area contributed by atoms with Gasteiger partial charge in [0.2, 0.25) is 0 Å². The maximum Gasteiger partial charge on any atom is 0.341 e. The van der Waals surface area contributed by atoms with E-state index in [0.29, 0.717) is 78.9 Å². The molecule has 4 aromatic rings. The van der Waals surface area contributed by atoms with Crippen LogP contribution in [0.4, 0.5) is 0 Å². The smallest absolute Gasteiger partial charge is 0.341 e. The Morgan fingerprint density at radius 1 is 1.08 bits per heavy atom. The van der Waals surface area contributed by atoms with Crippen molar-refractivity contribution in [2.75, 3.05) is 11.5 Å². The number of phenolic OH excluding ortho intramolecular Hbond substituents is 1. The van der Waals surface area contributed by atoms with Gasteiger partial charge in [-0.05, 0) is 62.8 Å². The van der Waals surface area contributed by atoms with Crippen molar-refractivity contribution in [3.8, 4) is 11.5 Å². The molecule has 2 unspecified atom stereocenters. The number of dihydropyridines is 2. The van der Waals surface area contributed by atoms with Crippen LogP contribution in [0.5, 0.6) is 11.5 Å². The number of rotatable bonds is 2. The number of esters is 1. The summed E-state index contributed by atoms with van der Waals surface area (Å²) in [6, 6.07) is 4.73. The summed E-state index contributed by atoms with van der Waals surface area (Å²) >= 11 is 0. The summed E-state index contributed by atoms with van der Waals surface area (Å²) in [6.07, 6.45) is 12.5. The van der Waals surface area contributed by atoms with Gasteiger partial charge in [0.05, 0.1) is 35.6 Å². The number of ether oxygens (including phenoxy) is 3. The molecular formula is C43H48N6O8S2. The Morgan fingerprint density at radius 3 is 2.80 bits per heavy atom. The highest BCUT2D eigenvalue weighted by atomic mass is 33.1. The molecule has 0 saturated carbocycles. The third-order valence-corrected chi connectivity index (χ3v) is 15.1. The van der Waals surface area contributed by atoms with E-state index in [0.717, 1.165) is 27.6 Å². The van der Waals surface area contributed by atoms with Crippen molar-refractivity contribution in [3.63, 3.8) is 0 Å². The summed E-state index contributed by atoms with van der Waals surface area (Å²) in [5.41, 5.74) is 15.4. The number of aromatic hydroxyl groups is 1. The fraction of sp³-hybridized carbons (Fsp3) is 0.442. The second kappa shape index (κ2) is 14.4. The van der Waals surface area contributed by atoms with E-state index in [-0.39, 0.29) is 40.7 Å². The number of nitrogens with two attached hydrogens (primary N) is 2. The Bertz CT molecular complexity index is 2550. The van der Waals surface area contributed by atoms with E-state index in [1.54, 1.807) is 34.6 Å². The molecule has 10 rings (SSSR count). The Morgan fingerprint density at radius 2 is 1.95 bits per heavy atom. The molecule has 2 saturated heterocycles. The summed E-state index contributed by atoms with van der Waals surface area (Å²) in [5.74, 6) is 1.74. The van der Waals surface area contributed by atoms with Gasteiger partial charge in [-0.25, -0.2) is 4.79 Å². The van der Waals surface area contributed by atoms with Crippen LogP contribution in [-0.2, 0) is 20.8 Å². The zero-order valence-corrected chi connectivity index (χ0v) is 34.4. The number of phenols is 1. The fourth-order valence-corrected chi connectivity index (χ4v) is 12.2. The van der Waals surface area contributed by atoms with Crippen LogP contribution in [0.15, 0.2) is 92.6 Å². The van der Waals surface area contributed by atoms with Gasteiger partial charge in [0.25, 0.3) is 0 Å². The van der Waals surface area contributed by atoms with E-state index >= 15 is 0 Å². The molecule has 8 atom stereocenters. The molecule has 2 fully saturated rings. The number of fused-ring (bicyclic) bond motifs is 8. The van der Waals surface area contributed by atoms with E-state index in [9.17, 15) is 19.8 Å². The summed E-state index contributed by atoms with van der Waals surface area (Å²) in [7, 11) is 3.34. The number of carbonyl (C=O) groups is 1. The third-order valence-electron chi connectivity index (χ3n) is 12.8. The molecule has 59 heavy (non-hydrogen) atoms. The fourth-order valence-electron chi connectivity index (χ4n) is 9.87. The predicted octanol–water partition coefficient (Wildman–Crippen LogP) is 4.95. The van der Waals surface area contributed by atoms with Gasteiger partial charge < -0.3 is 60.5 Å². The van der Waals surface area contributed by atoms with Crippen molar-refractivity contribution in [2.24, 2.45) is 11.5 Å². The van der Waals surface area contributed by atoms with Gasteiger partial charge in [-0.2, -0.15) is 0 Å². The average molecular weight is 841 g/mol. The molecule has 1 aromatic carbocycles. The molecule has 9 heterocycles. The molecule has 0 amide bonds. The quantitative estimate of drug-likeness (QED) is 0.0809. The predicted molar refractivity (Wildman–Crippen MR) is 227 cm³/mol. The van der Waals surface area contributed by atoms with Crippen LogP contribution >= 0.6 is 21.6 Å². The molecule has 14 nitrogen and oxygen atoms in total. The SMILES string of the molecule is Cc1cc(=O)c2c(O)c3c(cc2o1)O[C@@]1(C)CCSSCC2=C(N)NC(Cn4cc5cc[nH]c5c4)C=C2C2C=C(C=C(N)N2)CC[C@H]2O[C@@]24C[C@@H](O)CC[C@H]3[C@H]1OC4=O. The maximum atomic E-state index is 14.5. The van der Waals surface area contributed by atoms with Gasteiger partial charge in [0.15, 0.2) is 11.0 Å². The number of aromatic nitrogens is 2. The van der Waals surface area contributed by atoms with Crippen molar-refractivity contribution in [1.82, 2.24) is 20.2 Å². The lowest BCUT2D eigenvalue weighted by Crippen LogP contribution is -2.54.